The number of aryl methyl sites for hydroxylation is 2. The Balaban J connectivity index is 2.47. The van der Waals surface area contributed by atoms with Gasteiger partial charge in [0, 0.05) is 10.6 Å². The smallest absolute Gasteiger partial charge is 0.173 e. The molecule has 2 aromatic rings. The molecule has 1 heterocycles. The number of nitrogens with zero attached hydrogens (tertiary/aromatic N) is 2. The molecular formula is C15H17N3O2S. The number of pyridine rings is 1. The van der Waals surface area contributed by atoms with Crippen LogP contribution in [0.2, 0.25) is 0 Å². The second-order valence-electron chi connectivity index (χ2n) is 4.53. The van der Waals surface area contributed by atoms with E-state index in [9.17, 15) is 0 Å². The summed E-state index contributed by atoms with van der Waals surface area (Å²) < 4.78 is 5.22. The zero-order valence-electron chi connectivity index (χ0n) is 12.1. The van der Waals surface area contributed by atoms with Crippen LogP contribution in [0.4, 0.5) is 0 Å². The molecule has 0 unspecified atom stereocenters. The minimum absolute atomic E-state index is 0.0606. The Kier molecular flexibility index (Phi) is 4.70. The van der Waals surface area contributed by atoms with E-state index in [0.717, 1.165) is 21.9 Å². The summed E-state index contributed by atoms with van der Waals surface area (Å²) in [5.74, 6) is 0.833. The number of hydrogen-bond acceptors (Lipinski definition) is 5. The number of oxime groups is 1. The van der Waals surface area contributed by atoms with E-state index in [-0.39, 0.29) is 5.84 Å². The van der Waals surface area contributed by atoms with Crippen LogP contribution in [0.15, 0.2) is 45.4 Å². The largest absolute Gasteiger partial charge is 0.497 e. The molecule has 0 atom stereocenters. The van der Waals surface area contributed by atoms with Gasteiger partial charge in [-0.3, -0.25) is 0 Å². The number of aromatic nitrogens is 1. The summed E-state index contributed by atoms with van der Waals surface area (Å²) >= 11 is 1.45. The molecule has 0 saturated heterocycles. The van der Waals surface area contributed by atoms with Crippen molar-refractivity contribution in [3.8, 4) is 5.75 Å². The lowest BCUT2D eigenvalue weighted by Gasteiger charge is -2.12. The molecular weight excluding hydrogens is 286 g/mol. The van der Waals surface area contributed by atoms with Gasteiger partial charge < -0.3 is 15.7 Å². The number of ether oxygens (including phenoxy) is 1. The minimum Gasteiger partial charge on any atom is -0.497 e. The van der Waals surface area contributed by atoms with Crippen LogP contribution in [0.5, 0.6) is 5.75 Å². The predicted octanol–water partition coefficient (Wildman–Crippen LogP) is 2.95. The van der Waals surface area contributed by atoms with Crippen molar-refractivity contribution in [2.24, 2.45) is 10.9 Å². The Morgan fingerprint density at radius 3 is 2.76 bits per heavy atom. The molecule has 0 amide bonds. The molecule has 1 aromatic carbocycles. The normalized spacial score (nSPS) is 11.5. The fourth-order valence-electron chi connectivity index (χ4n) is 2.01. The van der Waals surface area contributed by atoms with Crippen LogP contribution in [-0.2, 0) is 0 Å². The molecule has 1 aromatic heterocycles. The molecule has 0 aliphatic carbocycles. The van der Waals surface area contributed by atoms with E-state index in [2.05, 4.69) is 10.1 Å². The Morgan fingerprint density at radius 1 is 1.33 bits per heavy atom. The van der Waals surface area contributed by atoms with Crippen LogP contribution in [0.25, 0.3) is 0 Å². The van der Waals surface area contributed by atoms with E-state index in [1.807, 2.05) is 44.2 Å². The van der Waals surface area contributed by atoms with Gasteiger partial charge in [-0.05, 0) is 43.7 Å². The van der Waals surface area contributed by atoms with Gasteiger partial charge in [0.25, 0.3) is 0 Å². The van der Waals surface area contributed by atoms with Crippen molar-refractivity contribution in [2.45, 2.75) is 23.8 Å². The first-order valence-corrected chi connectivity index (χ1v) is 7.15. The minimum atomic E-state index is 0.0606. The zero-order valence-corrected chi connectivity index (χ0v) is 12.9. The average Bonchev–Trinajstić information content (AvgIpc) is 2.46. The van der Waals surface area contributed by atoms with Crippen LogP contribution >= 0.6 is 11.8 Å². The third kappa shape index (κ3) is 3.46. The molecule has 21 heavy (non-hydrogen) atoms. The Hall–Kier alpha value is -2.21. The summed E-state index contributed by atoms with van der Waals surface area (Å²) in [5.41, 5.74) is 8.23. The van der Waals surface area contributed by atoms with Crippen molar-refractivity contribution in [2.75, 3.05) is 7.11 Å². The first kappa shape index (κ1) is 15.2. The van der Waals surface area contributed by atoms with Gasteiger partial charge in [0.2, 0.25) is 0 Å². The second-order valence-corrected chi connectivity index (χ2v) is 5.59. The second kappa shape index (κ2) is 6.49. The maximum Gasteiger partial charge on any atom is 0.173 e. The van der Waals surface area contributed by atoms with Crippen molar-refractivity contribution in [1.29, 1.82) is 0 Å². The van der Waals surface area contributed by atoms with E-state index < -0.39 is 0 Å². The van der Waals surface area contributed by atoms with Crippen molar-refractivity contribution >= 4 is 17.6 Å². The van der Waals surface area contributed by atoms with Crippen molar-refractivity contribution in [1.82, 2.24) is 4.98 Å². The van der Waals surface area contributed by atoms with E-state index in [4.69, 9.17) is 15.7 Å². The lowest BCUT2D eigenvalue weighted by atomic mass is 10.1. The van der Waals surface area contributed by atoms with Gasteiger partial charge >= 0.3 is 0 Å². The molecule has 110 valence electrons. The number of rotatable bonds is 4. The molecule has 2 rings (SSSR count). The number of methoxy groups -OCH3 is 1. The highest BCUT2D eigenvalue weighted by atomic mass is 32.2. The molecule has 0 aliphatic heterocycles. The predicted molar refractivity (Wildman–Crippen MR) is 83.3 cm³/mol. The third-order valence-electron chi connectivity index (χ3n) is 2.93. The number of hydrogen-bond donors (Lipinski definition) is 2. The first-order chi connectivity index (χ1) is 10.0. The van der Waals surface area contributed by atoms with Gasteiger partial charge in [0.15, 0.2) is 5.84 Å². The number of benzene rings is 1. The third-order valence-corrected chi connectivity index (χ3v) is 3.91. The van der Waals surface area contributed by atoms with Crippen LogP contribution in [-0.4, -0.2) is 23.1 Å². The maximum atomic E-state index is 8.96. The standard InChI is InChI=1S/C15H17N3O2S/c1-9-7-10(2)17-15(13(9)14(16)18-19)21-12-6-4-5-11(8-12)20-3/h4-8,19H,1-3H3,(H2,16,18). The van der Waals surface area contributed by atoms with Crippen molar-refractivity contribution < 1.29 is 9.94 Å². The van der Waals surface area contributed by atoms with Gasteiger partial charge in [-0.15, -0.1) is 0 Å². The van der Waals surface area contributed by atoms with Crippen molar-refractivity contribution in [3.05, 3.63) is 47.2 Å². The topological polar surface area (TPSA) is 80.7 Å². The first-order valence-electron chi connectivity index (χ1n) is 6.33. The average molecular weight is 303 g/mol. The number of nitrogens with two attached hydrogens (primary N) is 1. The number of amidine groups is 1. The molecule has 0 bridgehead atoms. The Labute approximate surface area is 127 Å². The molecule has 0 spiro atoms. The van der Waals surface area contributed by atoms with Crippen LogP contribution < -0.4 is 10.5 Å². The Morgan fingerprint density at radius 2 is 2.10 bits per heavy atom. The van der Waals surface area contributed by atoms with E-state index >= 15 is 0 Å². The molecule has 6 heteroatoms. The van der Waals surface area contributed by atoms with Gasteiger partial charge in [-0.25, -0.2) is 4.98 Å². The highest BCUT2D eigenvalue weighted by molar-refractivity contribution is 7.99. The molecule has 0 radical (unpaired) electrons. The van der Waals surface area contributed by atoms with Gasteiger partial charge in [-0.1, -0.05) is 23.0 Å². The van der Waals surface area contributed by atoms with Gasteiger partial charge in [-0.2, -0.15) is 0 Å². The van der Waals surface area contributed by atoms with Crippen LogP contribution in [0.3, 0.4) is 0 Å². The highest BCUT2D eigenvalue weighted by Gasteiger charge is 2.14. The van der Waals surface area contributed by atoms with Crippen LogP contribution in [0.1, 0.15) is 16.8 Å². The lowest BCUT2D eigenvalue weighted by molar-refractivity contribution is 0.318. The summed E-state index contributed by atoms with van der Waals surface area (Å²) in [4.78, 5) is 5.48. The van der Waals surface area contributed by atoms with Crippen LogP contribution in [0, 0.1) is 13.8 Å². The zero-order chi connectivity index (χ0) is 15.4. The molecule has 3 N–H and O–H groups in total. The summed E-state index contributed by atoms with van der Waals surface area (Å²) in [7, 11) is 1.63. The molecule has 0 aliphatic rings. The Bertz CT molecular complexity index is 687. The van der Waals surface area contributed by atoms with E-state index in [0.29, 0.717) is 10.6 Å². The molecule has 0 saturated carbocycles. The molecule has 5 nitrogen and oxygen atoms in total. The lowest BCUT2D eigenvalue weighted by Crippen LogP contribution is -2.17. The summed E-state index contributed by atoms with van der Waals surface area (Å²) in [6.07, 6.45) is 0. The maximum absolute atomic E-state index is 8.96. The monoisotopic (exact) mass is 303 g/mol. The summed E-state index contributed by atoms with van der Waals surface area (Å²) in [6.45, 7) is 3.83. The fourth-order valence-corrected chi connectivity index (χ4v) is 3.12. The fraction of sp³-hybridized carbons (Fsp3) is 0.200. The van der Waals surface area contributed by atoms with Gasteiger partial charge in [0.05, 0.1) is 12.7 Å². The SMILES string of the molecule is COc1cccc(Sc2nc(C)cc(C)c2C(N)=NO)c1. The summed E-state index contributed by atoms with van der Waals surface area (Å²) in [5, 5.41) is 12.8. The highest BCUT2D eigenvalue weighted by Crippen LogP contribution is 2.32. The molecule has 0 fully saturated rings. The van der Waals surface area contributed by atoms with E-state index in [1.54, 1.807) is 7.11 Å². The quantitative estimate of drug-likeness (QED) is 0.393. The van der Waals surface area contributed by atoms with Gasteiger partial charge in [0.1, 0.15) is 10.8 Å². The van der Waals surface area contributed by atoms with E-state index in [1.165, 1.54) is 11.8 Å². The summed E-state index contributed by atoms with van der Waals surface area (Å²) in [6, 6.07) is 9.57. The van der Waals surface area contributed by atoms with Crippen molar-refractivity contribution in [3.63, 3.8) is 0 Å².